The molecule has 9 heteroatoms. The van der Waals surface area contributed by atoms with Crippen molar-refractivity contribution in [3.8, 4) is 5.69 Å². The number of nitro groups is 1. The molecule has 0 saturated carbocycles. The number of rotatable bonds is 6. The number of furan rings is 1. The molecule has 0 aliphatic heterocycles. The van der Waals surface area contributed by atoms with Crippen LogP contribution in [0.5, 0.6) is 0 Å². The molecule has 2 heterocycles. The first kappa shape index (κ1) is 20.0. The van der Waals surface area contributed by atoms with Gasteiger partial charge < -0.3 is 4.42 Å². The molecule has 0 radical (unpaired) electrons. The van der Waals surface area contributed by atoms with Gasteiger partial charge in [-0.2, -0.15) is 5.10 Å². The lowest BCUT2D eigenvalue weighted by Crippen LogP contribution is -2.22. The van der Waals surface area contributed by atoms with Gasteiger partial charge in [0.05, 0.1) is 28.9 Å². The van der Waals surface area contributed by atoms with Gasteiger partial charge in [-0.05, 0) is 41.8 Å². The fourth-order valence-electron chi connectivity index (χ4n) is 3.12. The largest absolute Gasteiger partial charge is 0.433 e. The van der Waals surface area contributed by atoms with E-state index in [9.17, 15) is 14.9 Å². The Hall–Kier alpha value is -4.27. The fourth-order valence-corrected chi connectivity index (χ4v) is 3.12. The van der Waals surface area contributed by atoms with Gasteiger partial charge in [0.15, 0.2) is 5.76 Å². The van der Waals surface area contributed by atoms with Gasteiger partial charge in [-0.25, -0.2) is 15.0 Å². The Labute approximate surface area is 176 Å². The van der Waals surface area contributed by atoms with Gasteiger partial charge in [0.25, 0.3) is 5.56 Å². The Kier molecular flexibility index (Phi) is 5.31. The summed E-state index contributed by atoms with van der Waals surface area (Å²) >= 11 is 0. The number of nitrogens with zero attached hydrogens (tertiary/aromatic N) is 4. The minimum absolute atomic E-state index is 0.190. The summed E-state index contributed by atoms with van der Waals surface area (Å²) in [6.45, 7) is 4.19. The molecule has 0 unspecified atom stereocenters. The zero-order chi connectivity index (χ0) is 22.0. The Morgan fingerprint density at radius 3 is 2.55 bits per heavy atom. The van der Waals surface area contributed by atoms with Crippen LogP contribution in [0.4, 0.5) is 11.8 Å². The molecule has 0 atom stereocenters. The lowest BCUT2D eigenvalue weighted by atomic mass is 10.0. The molecular formula is C22H19N5O4. The Bertz CT molecular complexity index is 1340. The second-order valence-corrected chi connectivity index (χ2v) is 7.14. The maximum Gasteiger partial charge on any atom is 0.433 e. The molecule has 4 rings (SSSR count). The number of aromatic nitrogens is 2. The smallest absolute Gasteiger partial charge is 0.400 e. The van der Waals surface area contributed by atoms with Crippen molar-refractivity contribution in [1.29, 1.82) is 0 Å². The molecule has 4 aromatic rings. The number of hydrogen-bond acceptors (Lipinski definition) is 7. The average Bonchev–Trinajstić information content (AvgIpc) is 3.23. The minimum Gasteiger partial charge on any atom is -0.400 e. The number of para-hydroxylation sites is 1. The van der Waals surface area contributed by atoms with E-state index in [0.717, 1.165) is 5.56 Å². The first-order chi connectivity index (χ1) is 14.9. The number of hydrogen-bond donors (Lipinski definition) is 1. The van der Waals surface area contributed by atoms with E-state index in [-0.39, 0.29) is 23.2 Å². The van der Waals surface area contributed by atoms with E-state index in [1.807, 2.05) is 24.3 Å². The molecular weight excluding hydrogens is 398 g/mol. The number of benzene rings is 2. The average molecular weight is 417 g/mol. The van der Waals surface area contributed by atoms with Crippen LogP contribution in [-0.4, -0.2) is 20.7 Å². The van der Waals surface area contributed by atoms with Gasteiger partial charge in [-0.15, -0.1) is 0 Å². The molecule has 0 fully saturated rings. The van der Waals surface area contributed by atoms with Gasteiger partial charge in [-0.1, -0.05) is 38.1 Å². The second-order valence-electron chi connectivity index (χ2n) is 7.14. The normalized spacial score (nSPS) is 11.5. The summed E-state index contributed by atoms with van der Waals surface area (Å²) in [4.78, 5) is 27.9. The lowest BCUT2D eigenvalue weighted by Gasteiger charge is -2.14. The van der Waals surface area contributed by atoms with Crippen LogP contribution in [-0.2, 0) is 0 Å². The molecule has 0 spiro atoms. The highest BCUT2D eigenvalue weighted by Gasteiger charge is 2.13. The van der Waals surface area contributed by atoms with E-state index in [4.69, 9.17) is 4.42 Å². The topological polar surface area (TPSA) is 116 Å². The maximum absolute atomic E-state index is 13.2. The molecule has 0 aliphatic rings. The number of hydrazone groups is 1. The molecule has 0 aliphatic carbocycles. The monoisotopic (exact) mass is 417 g/mol. The second kappa shape index (κ2) is 8.23. The first-order valence-corrected chi connectivity index (χ1v) is 9.59. The van der Waals surface area contributed by atoms with Gasteiger partial charge >= 0.3 is 5.88 Å². The SMILES string of the molecule is CC(C)c1ccc(-n2c(N/N=C\c3ccc([N+](=O)[O-])o3)nc3ccccc3c2=O)cc1. The van der Waals surface area contributed by atoms with Crippen molar-refractivity contribution in [1.82, 2.24) is 9.55 Å². The first-order valence-electron chi connectivity index (χ1n) is 9.59. The van der Waals surface area contributed by atoms with Crippen LogP contribution in [0.2, 0.25) is 0 Å². The van der Waals surface area contributed by atoms with E-state index < -0.39 is 4.92 Å². The maximum atomic E-state index is 13.2. The molecule has 9 nitrogen and oxygen atoms in total. The third-order valence-corrected chi connectivity index (χ3v) is 4.74. The lowest BCUT2D eigenvalue weighted by molar-refractivity contribution is -0.402. The van der Waals surface area contributed by atoms with Crippen LogP contribution in [0.25, 0.3) is 16.6 Å². The third-order valence-electron chi connectivity index (χ3n) is 4.74. The molecule has 156 valence electrons. The van der Waals surface area contributed by atoms with Crippen molar-refractivity contribution in [2.24, 2.45) is 5.10 Å². The summed E-state index contributed by atoms with van der Waals surface area (Å²) in [5, 5.41) is 15.3. The van der Waals surface area contributed by atoms with Gasteiger partial charge in [-0.3, -0.25) is 14.9 Å². The van der Waals surface area contributed by atoms with Gasteiger partial charge in [0.1, 0.15) is 4.92 Å². The van der Waals surface area contributed by atoms with E-state index in [1.165, 1.54) is 22.9 Å². The van der Waals surface area contributed by atoms with Crippen LogP contribution in [0.1, 0.15) is 31.1 Å². The summed E-state index contributed by atoms with van der Waals surface area (Å²) in [7, 11) is 0. The van der Waals surface area contributed by atoms with Crippen LogP contribution >= 0.6 is 0 Å². The summed E-state index contributed by atoms with van der Waals surface area (Å²) in [5.41, 5.74) is 4.83. The number of fused-ring (bicyclic) bond motifs is 1. The fraction of sp³-hybridized carbons (Fsp3) is 0.136. The highest BCUT2D eigenvalue weighted by atomic mass is 16.6. The number of anilines is 1. The van der Waals surface area contributed by atoms with Crippen molar-refractivity contribution >= 4 is 29.0 Å². The minimum atomic E-state index is -0.631. The van der Waals surface area contributed by atoms with Crippen molar-refractivity contribution in [2.45, 2.75) is 19.8 Å². The Morgan fingerprint density at radius 2 is 1.87 bits per heavy atom. The molecule has 0 saturated heterocycles. The molecule has 1 N–H and O–H groups in total. The third kappa shape index (κ3) is 4.06. The Morgan fingerprint density at radius 1 is 1.13 bits per heavy atom. The standard InChI is InChI=1S/C22H19N5O4/c1-14(2)15-7-9-16(10-8-15)26-21(28)18-5-3-4-6-19(18)24-22(26)25-23-13-17-11-12-20(31-17)27(29)30/h3-14H,1-2H3,(H,24,25)/b23-13-. The van der Waals surface area contributed by atoms with Crippen LogP contribution in [0.15, 0.2) is 75.0 Å². The quantitative estimate of drug-likeness (QED) is 0.281. The molecule has 0 amide bonds. The predicted molar refractivity (Wildman–Crippen MR) is 118 cm³/mol. The zero-order valence-electron chi connectivity index (χ0n) is 16.9. The predicted octanol–water partition coefficient (Wildman–Crippen LogP) is 4.46. The molecule has 2 aromatic carbocycles. The highest BCUT2D eigenvalue weighted by Crippen LogP contribution is 2.20. The van der Waals surface area contributed by atoms with Gasteiger partial charge in [0, 0.05) is 0 Å². The zero-order valence-corrected chi connectivity index (χ0v) is 16.9. The van der Waals surface area contributed by atoms with Crippen molar-refractivity contribution in [3.05, 3.63) is 92.5 Å². The molecule has 31 heavy (non-hydrogen) atoms. The number of nitrogens with one attached hydrogen (secondary N) is 1. The van der Waals surface area contributed by atoms with Crippen LogP contribution in [0, 0.1) is 10.1 Å². The van der Waals surface area contributed by atoms with Crippen LogP contribution < -0.4 is 11.0 Å². The van der Waals surface area contributed by atoms with E-state index in [0.29, 0.717) is 22.5 Å². The molecule has 2 aromatic heterocycles. The van der Waals surface area contributed by atoms with Crippen molar-refractivity contribution in [2.75, 3.05) is 5.43 Å². The summed E-state index contributed by atoms with van der Waals surface area (Å²) in [6, 6.07) is 17.4. The summed E-state index contributed by atoms with van der Waals surface area (Å²) in [6.07, 6.45) is 1.28. The van der Waals surface area contributed by atoms with E-state index >= 15 is 0 Å². The summed E-state index contributed by atoms with van der Waals surface area (Å²) < 4.78 is 6.49. The van der Waals surface area contributed by atoms with Crippen molar-refractivity contribution in [3.63, 3.8) is 0 Å². The highest BCUT2D eigenvalue weighted by molar-refractivity contribution is 5.80. The summed E-state index contributed by atoms with van der Waals surface area (Å²) in [5.74, 6) is 0.376. The van der Waals surface area contributed by atoms with E-state index in [2.05, 4.69) is 29.4 Å². The Balaban J connectivity index is 1.75. The molecule has 0 bridgehead atoms. The van der Waals surface area contributed by atoms with Crippen molar-refractivity contribution < 1.29 is 9.34 Å². The van der Waals surface area contributed by atoms with Gasteiger partial charge in [0.2, 0.25) is 5.95 Å². The van der Waals surface area contributed by atoms with Crippen LogP contribution in [0.3, 0.4) is 0 Å². The van der Waals surface area contributed by atoms with E-state index in [1.54, 1.807) is 24.3 Å².